The van der Waals surface area contributed by atoms with Crippen molar-refractivity contribution in [1.82, 2.24) is 19.8 Å². The fourth-order valence-corrected chi connectivity index (χ4v) is 3.07. The summed E-state index contributed by atoms with van der Waals surface area (Å²) < 4.78 is 25.9. The Morgan fingerprint density at radius 1 is 0.923 bits per heavy atom. The van der Waals surface area contributed by atoms with Gasteiger partial charge in [0.15, 0.2) is 10.8 Å². The lowest BCUT2D eigenvalue weighted by Crippen LogP contribution is -2.03. The predicted octanol–water partition coefficient (Wildman–Crippen LogP) is 3.79. The van der Waals surface area contributed by atoms with Crippen LogP contribution in [0.15, 0.2) is 48.5 Å². The molecule has 0 N–H and O–H groups in total. The van der Waals surface area contributed by atoms with Gasteiger partial charge in [-0.25, -0.2) is 4.39 Å². The molecule has 0 saturated heterocycles. The van der Waals surface area contributed by atoms with E-state index in [1.807, 2.05) is 31.2 Å². The monoisotopic (exact) mass is 370 g/mol. The van der Waals surface area contributed by atoms with Crippen LogP contribution in [0.25, 0.3) is 4.96 Å². The molecule has 132 valence electrons. The Bertz CT molecular complexity index is 1010. The maximum absolute atomic E-state index is 12.9. The highest BCUT2D eigenvalue weighted by molar-refractivity contribution is 7.16. The van der Waals surface area contributed by atoms with Gasteiger partial charge in [-0.1, -0.05) is 29.0 Å². The molecule has 26 heavy (non-hydrogen) atoms. The molecule has 2 aromatic heterocycles. The lowest BCUT2D eigenvalue weighted by molar-refractivity contribution is 0.289. The molecular weight excluding hydrogens is 355 g/mol. The quantitative estimate of drug-likeness (QED) is 0.517. The average Bonchev–Trinajstić information content (AvgIpc) is 3.21. The number of benzene rings is 2. The van der Waals surface area contributed by atoms with Crippen LogP contribution < -0.4 is 9.47 Å². The van der Waals surface area contributed by atoms with Crippen LogP contribution in [0.2, 0.25) is 0 Å². The fraction of sp³-hybridized carbons (Fsp3) is 0.167. The molecule has 4 rings (SSSR count). The van der Waals surface area contributed by atoms with E-state index in [0.29, 0.717) is 23.1 Å². The van der Waals surface area contributed by atoms with Gasteiger partial charge in [0.25, 0.3) is 0 Å². The maximum Gasteiger partial charge on any atom is 0.234 e. The highest BCUT2D eigenvalue weighted by Crippen LogP contribution is 2.19. The molecule has 6 nitrogen and oxygen atoms in total. The van der Waals surface area contributed by atoms with Crippen LogP contribution in [0.4, 0.5) is 4.39 Å². The molecule has 0 amide bonds. The number of nitrogens with zero attached hydrogens (tertiary/aromatic N) is 4. The third-order valence-electron chi connectivity index (χ3n) is 3.66. The molecule has 0 aliphatic heterocycles. The van der Waals surface area contributed by atoms with Gasteiger partial charge in [0.2, 0.25) is 4.96 Å². The second-order valence-corrected chi connectivity index (χ2v) is 6.69. The van der Waals surface area contributed by atoms with Crippen LogP contribution in [0.3, 0.4) is 0 Å². The van der Waals surface area contributed by atoms with Crippen molar-refractivity contribution in [2.75, 3.05) is 0 Å². The van der Waals surface area contributed by atoms with Crippen LogP contribution in [0, 0.1) is 12.7 Å². The van der Waals surface area contributed by atoms with Crippen molar-refractivity contribution in [3.8, 4) is 11.5 Å². The second-order valence-electron chi connectivity index (χ2n) is 5.65. The molecule has 0 fully saturated rings. The third-order valence-corrected chi connectivity index (χ3v) is 4.53. The second kappa shape index (κ2) is 7.09. The van der Waals surface area contributed by atoms with Crippen LogP contribution >= 0.6 is 11.3 Å². The number of hydrogen-bond acceptors (Lipinski definition) is 6. The Labute approximate surface area is 152 Å². The van der Waals surface area contributed by atoms with E-state index in [1.54, 1.807) is 16.6 Å². The number of aryl methyl sites for hydroxylation is 1. The number of hydrogen-bond donors (Lipinski definition) is 0. The minimum atomic E-state index is -0.306. The Morgan fingerprint density at radius 3 is 2.31 bits per heavy atom. The van der Waals surface area contributed by atoms with E-state index in [4.69, 9.17) is 9.47 Å². The fourth-order valence-electron chi connectivity index (χ4n) is 2.30. The first kappa shape index (κ1) is 16.5. The third kappa shape index (κ3) is 3.65. The summed E-state index contributed by atoms with van der Waals surface area (Å²) in [5.41, 5.74) is 1.18. The summed E-state index contributed by atoms with van der Waals surface area (Å²) in [6, 6.07) is 13.7. The lowest BCUT2D eigenvalue weighted by atomic mass is 10.2. The van der Waals surface area contributed by atoms with Crippen molar-refractivity contribution in [1.29, 1.82) is 0 Å². The minimum absolute atomic E-state index is 0.189. The topological polar surface area (TPSA) is 61.5 Å². The van der Waals surface area contributed by atoms with Crippen LogP contribution in [-0.4, -0.2) is 19.8 Å². The summed E-state index contributed by atoms with van der Waals surface area (Å²) in [6.07, 6.45) is 0. The molecule has 0 radical (unpaired) electrons. The summed E-state index contributed by atoms with van der Waals surface area (Å²) in [7, 11) is 0. The largest absolute Gasteiger partial charge is 0.486 e. The van der Waals surface area contributed by atoms with E-state index in [0.717, 1.165) is 10.8 Å². The standard InChI is InChI=1S/C18H15FN4O2S/c1-12-2-6-14(7-3-12)25-11-17-22-23-16(20-21-18(23)26-17)10-24-15-8-4-13(19)5-9-15/h2-9H,10-11H2,1H3. The van der Waals surface area contributed by atoms with Crippen molar-refractivity contribution in [3.05, 3.63) is 70.7 Å². The van der Waals surface area contributed by atoms with Crippen molar-refractivity contribution in [3.63, 3.8) is 0 Å². The summed E-state index contributed by atoms with van der Waals surface area (Å²) in [4.78, 5) is 0.671. The zero-order valence-electron chi connectivity index (χ0n) is 13.9. The molecule has 4 aromatic rings. The van der Waals surface area contributed by atoms with E-state index in [1.165, 1.54) is 29.0 Å². The summed E-state index contributed by atoms with van der Waals surface area (Å²) in [5.74, 6) is 1.62. The number of rotatable bonds is 6. The molecule has 0 spiro atoms. The van der Waals surface area contributed by atoms with Crippen molar-refractivity contribution >= 4 is 16.3 Å². The number of halogens is 1. The van der Waals surface area contributed by atoms with Gasteiger partial charge in [0.1, 0.15) is 30.5 Å². The Balaban J connectivity index is 1.42. The van der Waals surface area contributed by atoms with Crippen LogP contribution in [-0.2, 0) is 13.2 Å². The van der Waals surface area contributed by atoms with E-state index in [-0.39, 0.29) is 12.4 Å². The summed E-state index contributed by atoms with van der Waals surface area (Å²) in [5, 5.41) is 13.5. The van der Waals surface area contributed by atoms with Crippen LogP contribution in [0.1, 0.15) is 16.4 Å². The van der Waals surface area contributed by atoms with Crippen LogP contribution in [0.5, 0.6) is 11.5 Å². The smallest absolute Gasteiger partial charge is 0.234 e. The van der Waals surface area contributed by atoms with Crippen molar-refractivity contribution in [2.24, 2.45) is 0 Å². The predicted molar refractivity (Wildman–Crippen MR) is 94.9 cm³/mol. The Hall–Kier alpha value is -3.00. The van der Waals surface area contributed by atoms with Gasteiger partial charge in [-0.2, -0.15) is 9.61 Å². The first-order valence-electron chi connectivity index (χ1n) is 7.95. The van der Waals surface area contributed by atoms with Gasteiger partial charge >= 0.3 is 0 Å². The lowest BCUT2D eigenvalue weighted by Gasteiger charge is -2.04. The number of ether oxygens (including phenoxy) is 2. The Morgan fingerprint density at radius 2 is 1.58 bits per heavy atom. The first-order chi connectivity index (χ1) is 12.7. The van der Waals surface area contributed by atoms with Gasteiger partial charge in [0, 0.05) is 0 Å². The van der Waals surface area contributed by atoms with E-state index in [9.17, 15) is 4.39 Å². The SMILES string of the molecule is Cc1ccc(OCc2nn3c(COc4ccc(F)cc4)nnc3s2)cc1. The molecule has 0 saturated carbocycles. The average molecular weight is 370 g/mol. The number of aromatic nitrogens is 4. The van der Waals surface area contributed by atoms with E-state index in [2.05, 4.69) is 15.3 Å². The molecule has 0 bridgehead atoms. The van der Waals surface area contributed by atoms with E-state index < -0.39 is 0 Å². The highest BCUT2D eigenvalue weighted by atomic mass is 32.1. The molecule has 0 aliphatic rings. The Kier molecular flexibility index (Phi) is 4.49. The molecule has 2 heterocycles. The first-order valence-corrected chi connectivity index (χ1v) is 8.77. The van der Waals surface area contributed by atoms with E-state index >= 15 is 0 Å². The zero-order valence-corrected chi connectivity index (χ0v) is 14.7. The van der Waals surface area contributed by atoms with Crippen molar-refractivity contribution < 1.29 is 13.9 Å². The van der Waals surface area contributed by atoms with Gasteiger partial charge < -0.3 is 9.47 Å². The normalized spacial score (nSPS) is 11.0. The molecule has 8 heteroatoms. The van der Waals surface area contributed by atoms with Crippen molar-refractivity contribution in [2.45, 2.75) is 20.1 Å². The molecule has 0 atom stereocenters. The van der Waals surface area contributed by atoms with Gasteiger partial charge in [0.05, 0.1) is 0 Å². The molecular formula is C18H15FN4O2S. The summed E-state index contributed by atoms with van der Waals surface area (Å²) >= 11 is 1.41. The van der Waals surface area contributed by atoms with Gasteiger partial charge in [-0.3, -0.25) is 0 Å². The summed E-state index contributed by atoms with van der Waals surface area (Å²) in [6.45, 7) is 2.58. The zero-order chi connectivity index (χ0) is 17.9. The minimum Gasteiger partial charge on any atom is -0.486 e. The maximum atomic E-state index is 12.9. The molecule has 2 aromatic carbocycles. The molecule has 0 unspecified atom stereocenters. The van der Waals surface area contributed by atoms with Gasteiger partial charge in [-0.05, 0) is 43.3 Å². The van der Waals surface area contributed by atoms with Gasteiger partial charge in [-0.15, -0.1) is 10.2 Å². The molecule has 0 aliphatic carbocycles. The number of fused-ring (bicyclic) bond motifs is 1. The highest BCUT2D eigenvalue weighted by Gasteiger charge is 2.13.